The lowest BCUT2D eigenvalue weighted by Crippen LogP contribution is -2.46. The summed E-state index contributed by atoms with van der Waals surface area (Å²) in [6, 6.07) is 3.13. The molecule has 0 aromatic heterocycles. The molecule has 7 heteroatoms. The van der Waals surface area contributed by atoms with Crippen LogP contribution in [0.3, 0.4) is 0 Å². The van der Waals surface area contributed by atoms with Crippen LogP contribution in [0.2, 0.25) is 0 Å². The fraction of sp³-hybridized carbons (Fsp3) is 0.111. The Balaban J connectivity index is 2.77. The van der Waals surface area contributed by atoms with E-state index in [0.717, 1.165) is 12.1 Å². The van der Waals surface area contributed by atoms with Crippen LogP contribution in [0.4, 0.5) is 8.78 Å². The summed E-state index contributed by atoms with van der Waals surface area (Å²) in [5.41, 5.74) is 5.41. The quantitative estimate of drug-likeness (QED) is 0.343. The average molecular weight is 245 g/mol. The molecular weight excluding hydrogens is 236 g/mol. The minimum Gasteiger partial charge on any atom is -0.375 e. The first-order valence-electron chi connectivity index (χ1n) is 4.23. The molecule has 0 unspecified atom stereocenters. The monoisotopic (exact) mass is 245 g/mol. The van der Waals surface area contributed by atoms with Gasteiger partial charge in [0.05, 0.1) is 6.42 Å². The summed E-state index contributed by atoms with van der Waals surface area (Å²) in [4.78, 5) is 11.4. The second kappa shape index (κ2) is 4.95. The van der Waals surface area contributed by atoms with Crippen molar-refractivity contribution in [1.29, 1.82) is 0 Å². The molecule has 0 spiro atoms. The second-order valence-electron chi connectivity index (χ2n) is 3.03. The van der Waals surface area contributed by atoms with E-state index in [1.807, 2.05) is 0 Å². The van der Waals surface area contributed by atoms with Crippen LogP contribution in [0.1, 0.15) is 5.56 Å². The lowest BCUT2D eigenvalue weighted by molar-refractivity contribution is -0.126. The van der Waals surface area contributed by atoms with Crippen molar-refractivity contribution < 1.29 is 13.6 Å². The number of nitrogens with zero attached hydrogens (tertiary/aromatic N) is 1. The number of hydrogen-bond acceptors (Lipinski definition) is 3. The fourth-order valence-electron chi connectivity index (χ4n) is 1.03. The summed E-state index contributed by atoms with van der Waals surface area (Å²) in [6.45, 7) is 0. The molecule has 0 fully saturated rings. The molecular formula is C9H9F2N3OS. The summed E-state index contributed by atoms with van der Waals surface area (Å²) in [5.74, 6) is 2.63. The van der Waals surface area contributed by atoms with Crippen LogP contribution in [0.5, 0.6) is 0 Å². The van der Waals surface area contributed by atoms with Crippen molar-refractivity contribution >= 4 is 23.2 Å². The maximum Gasteiger partial charge on any atom is 0.247 e. The molecule has 0 aliphatic heterocycles. The Bertz CT molecular complexity index is 439. The first-order chi connectivity index (χ1) is 7.41. The van der Waals surface area contributed by atoms with Gasteiger partial charge in [-0.25, -0.2) is 19.6 Å². The van der Waals surface area contributed by atoms with Crippen LogP contribution in [0.15, 0.2) is 18.2 Å². The summed E-state index contributed by atoms with van der Waals surface area (Å²) in [7, 11) is 0. The highest BCUT2D eigenvalue weighted by atomic mass is 32.1. The highest BCUT2D eigenvalue weighted by Crippen LogP contribution is 2.09. The number of halogens is 2. The van der Waals surface area contributed by atoms with Crippen molar-refractivity contribution in [3.05, 3.63) is 35.4 Å². The fourth-order valence-corrected chi connectivity index (χ4v) is 1.13. The minimum absolute atomic E-state index is 0.203. The van der Waals surface area contributed by atoms with Gasteiger partial charge < -0.3 is 5.73 Å². The van der Waals surface area contributed by atoms with E-state index in [-0.39, 0.29) is 17.1 Å². The van der Waals surface area contributed by atoms with Crippen LogP contribution in [-0.2, 0) is 11.2 Å². The third kappa shape index (κ3) is 2.94. The van der Waals surface area contributed by atoms with Gasteiger partial charge in [-0.05, 0) is 29.9 Å². The maximum atomic E-state index is 12.8. The number of rotatable bonds is 2. The molecule has 0 atom stereocenters. The van der Waals surface area contributed by atoms with Gasteiger partial charge in [-0.1, -0.05) is 6.07 Å². The molecule has 1 rings (SSSR count). The number of hydrogen-bond donors (Lipinski definition) is 2. The Morgan fingerprint density at radius 2 is 2.00 bits per heavy atom. The number of nitrogens with two attached hydrogens (primary N) is 2. The molecule has 0 saturated carbocycles. The number of carbonyl (C=O) groups excluding carboxylic acids is 1. The summed E-state index contributed by atoms with van der Waals surface area (Å²) in [6.07, 6.45) is -0.203. The Morgan fingerprint density at radius 3 is 2.50 bits per heavy atom. The predicted molar refractivity (Wildman–Crippen MR) is 57.9 cm³/mol. The third-order valence-corrected chi connectivity index (χ3v) is 2.04. The van der Waals surface area contributed by atoms with Gasteiger partial charge in [-0.15, -0.1) is 0 Å². The van der Waals surface area contributed by atoms with Gasteiger partial charge in [0, 0.05) is 0 Å². The van der Waals surface area contributed by atoms with Gasteiger partial charge in [-0.2, -0.15) is 0 Å². The molecule has 1 aromatic carbocycles. The van der Waals surface area contributed by atoms with E-state index < -0.39 is 17.5 Å². The van der Waals surface area contributed by atoms with Crippen LogP contribution in [0, 0.1) is 11.6 Å². The van der Waals surface area contributed by atoms with Crippen LogP contribution < -0.4 is 11.6 Å². The number of amides is 1. The first kappa shape index (κ1) is 12.5. The molecule has 0 saturated heterocycles. The number of hydrazine groups is 1. The Hall–Kier alpha value is -1.60. The lowest BCUT2D eigenvalue weighted by atomic mass is 10.1. The summed E-state index contributed by atoms with van der Waals surface area (Å²) >= 11 is 4.48. The van der Waals surface area contributed by atoms with Crippen LogP contribution >= 0.6 is 12.2 Å². The van der Waals surface area contributed by atoms with Gasteiger partial charge in [0.2, 0.25) is 5.91 Å². The molecule has 0 aliphatic carbocycles. The van der Waals surface area contributed by atoms with Gasteiger partial charge in [0.25, 0.3) is 0 Å². The van der Waals surface area contributed by atoms with Crippen molar-refractivity contribution in [3.8, 4) is 0 Å². The maximum absolute atomic E-state index is 12.8. The van der Waals surface area contributed by atoms with E-state index in [1.54, 1.807) is 0 Å². The Morgan fingerprint density at radius 1 is 1.38 bits per heavy atom. The Kier molecular flexibility index (Phi) is 3.86. The molecule has 0 radical (unpaired) electrons. The van der Waals surface area contributed by atoms with E-state index >= 15 is 0 Å². The zero-order valence-corrected chi connectivity index (χ0v) is 8.93. The highest BCUT2D eigenvalue weighted by molar-refractivity contribution is 7.80. The van der Waals surface area contributed by atoms with Crippen molar-refractivity contribution in [2.45, 2.75) is 6.42 Å². The molecule has 1 amide bonds. The minimum atomic E-state index is -1.02. The standard InChI is InChI=1S/C9H9F2N3OS/c10-6-2-1-5(3-7(6)11)4-8(15)14(13)9(12)16/h1-3H,4,13H2,(H2,12,16). The number of carbonyl (C=O) groups is 1. The second-order valence-corrected chi connectivity index (χ2v) is 3.45. The molecule has 1 aromatic rings. The molecule has 16 heavy (non-hydrogen) atoms. The SMILES string of the molecule is NC(=S)N(N)C(=O)Cc1ccc(F)c(F)c1. The van der Waals surface area contributed by atoms with Crippen molar-refractivity contribution in [3.63, 3.8) is 0 Å². The van der Waals surface area contributed by atoms with Crippen molar-refractivity contribution in [1.82, 2.24) is 5.01 Å². The zero-order valence-electron chi connectivity index (χ0n) is 8.11. The molecule has 4 nitrogen and oxygen atoms in total. The predicted octanol–water partition coefficient (Wildman–Crippen LogP) is 0.453. The summed E-state index contributed by atoms with van der Waals surface area (Å²) in [5, 5.41) is 0.295. The van der Waals surface area contributed by atoms with Crippen molar-refractivity contribution in [2.24, 2.45) is 11.6 Å². The largest absolute Gasteiger partial charge is 0.375 e. The average Bonchev–Trinajstić information content (AvgIpc) is 2.22. The van der Waals surface area contributed by atoms with Gasteiger partial charge >= 0.3 is 0 Å². The Labute approximate surface area is 95.8 Å². The van der Waals surface area contributed by atoms with E-state index in [2.05, 4.69) is 12.2 Å². The number of benzene rings is 1. The smallest absolute Gasteiger partial charge is 0.247 e. The van der Waals surface area contributed by atoms with Crippen molar-refractivity contribution in [2.75, 3.05) is 0 Å². The summed E-state index contributed by atoms with van der Waals surface area (Å²) < 4.78 is 25.4. The van der Waals surface area contributed by atoms with Gasteiger partial charge in [-0.3, -0.25) is 4.79 Å². The number of thiocarbonyl (C=S) groups is 1. The van der Waals surface area contributed by atoms with E-state index in [4.69, 9.17) is 11.6 Å². The topological polar surface area (TPSA) is 72.3 Å². The normalized spacial score (nSPS) is 9.94. The molecule has 0 heterocycles. The first-order valence-corrected chi connectivity index (χ1v) is 4.63. The van der Waals surface area contributed by atoms with E-state index in [0.29, 0.717) is 5.01 Å². The van der Waals surface area contributed by atoms with E-state index in [1.165, 1.54) is 6.07 Å². The highest BCUT2D eigenvalue weighted by Gasteiger charge is 2.13. The molecule has 4 N–H and O–H groups in total. The lowest BCUT2D eigenvalue weighted by Gasteiger charge is -2.13. The van der Waals surface area contributed by atoms with Crippen LogP contribution in [-0.4, -0.2) is 16.0 Å². The van der Waals surface area contributed by atoms with Gasteiger partial charge in [0.1, 0.15) is 0 Å². The van der Waals surface area contributed by atoms with E-state index in [9.17, 15) is 13.6 Å². The molecule has 0 aliphatic rings. The zero-order chi connectivity index (χ0) is 12.3. The van der Waals surface area contributed by atoms with Crippen LogP contribution in [0.25, 0.3) is 0 Å². The molecule has 86 valence electrons. The molecule has 0 bridgehead atoms. The van der Waals surface area contributed by atoms with Gasteiger partial charge in [0.15, 0.2) is 16.7 Å². The third-order valence-electron chi connectivity index (χ3n) is 1.85.